The molecule has 3 heterocycles. The van der Waals surface area contributed by atoms with E-state index in [4.69, 9.17) is 0 Å². The number of benzene rings is 1. The lowest BCUT2D eigenvalue weighted by atomic mass is 10.0. The molecule has 6 nitrogen and oxygen atoms in total. The molecule has 1 fully saturated rings. The summed E-state index contributed by atoms with van der Waals surface area (Å²) in [5.41, 5.74) is 3.48. The standard InChI is InChI=1S/C18H22N6/c1-13-4-3-5-16(10-13)22-15-6-8-23(9-7-15)17-11-14(2)21-18-19-12-20-24(17)18/h3-5,10-12,15,22H,6-9H2,1-2H3. The number of nitrogens with one attached hydrogen (secondary N) is 1. The molecule has 6 heteroatoms. The van der Waals surface area contributed by atoms with Crippen molar-refractivity contribution in [3.8, 4) is 0 Å². The van der Waals surface area contributed by atoms with Gasteiger partial charge in [0, 0.05) is 36.6 Å². The molecule has 0 aliphatic carbocycles. The van der Waals surface area contributed by atoms with Crippen molar-refractivity contribution in [1.82, 2.24) is 19.6 Å². The second-order valence-electron chi connectivity index (χ2n) is 6.50. The van der Waals surface area contributed by atoms with Gasteiger partial charge in [0.2, 0.25) is 0 Å². The second-order valence-corrected chi connectivity index (χ2v) is 6.50. The first-order valence-electron chi connectivity index (χ1n) is 8.44. The van der Waals surface area contributed by atoms with Gasteiger partial charge >= 0.3 is 0 Å². The molecule has 1 saturated heterocycles. The zero-order valence-electron chi connectivity index (χ0n) is 14.1. The maximum Gasteiger partial charge on any atom is 0.254 e. The Labute approximate surface area is 141 Å². The van der Waals surface area contributed by atoms with E-state index in [0.29, 0.717) is 11.8 Å². The fourth-order valence-corrected chi connectivity index (χ4v) is 3.36. The van der Waals surface area contributed by atoms with Crippen LogP contribution in [0.3, 0.4) is 0 Å². The maximum absolute atomic E-state index is 4.42. The quantitative estimate of drug-likeness (QED) is 0.803. The van der Waals surface area contributed by atoms with Crippen molar-refractivity contribution in [3.63, 3.8) is 0 Å². The molecule has 2 aromatic heterocycles. The number of nitrogens with zero attached hydrogens (tertiary/aromatic N) is 5. The molecular weight excluding hydrogens is 300 g/mol. The van der Waals surface area contributed by atoms with Crippen molar-refractivity contribution in [3.05, 3.63) is 47.9 Å². The van der Waals surface area contributed by atoms with Crippen LogP contribution in [0, 0.1) is 13.8 Å². The minimum Gasteiger partial charge on any atom is -0.382 e. The van der Waals surface area contributed by atoms with Crippen LogP contribution in [0.25, 0.3) is 5.78 Å². The number of aryl methyl sites for hydroxylation is 2. The molecule has 1 aliphatic heterocycles. The van der Waals surface area contributed by atoms with Crippen molar-refractivity contribution in [2.24, 2.45) is 0 Å². The van der Waals surface area contributed by atoms with Gasteiger partial charge in [-0.1, -0.05) is 12.1 Å². The van der Waals surface area contributed by atoms with Gasteiger partial charge in [-0.2, -0.15) is 14.6 Å². The molecule has 0 saturated carbocycles. The molecule has 0 bridgehead atoms. The van der Waals surface area contributed by atoms with Crippen LogP contribution in [0.15, 0.2) is 36.7 Å². The van der Waals surface area contributed by atoms with Gasteiger partial charge in [0.1, 0.15) is 12.1 Å². The monoisotopic (exact) mass is 322 g/mol. The molecule has 0 atom stereocenters. The van der Waals surface area contributed by atoms with E-state index in [1.807, 2.05) is 11.4 Å². The molecule has 0 radical (unpaired) electrons. The number of hydrogen-bond donors (Lipinski definition) is 1. The van der Waals surface area contributed by atoms with Crippen LogP contribution in [-0.2, 0) is 0 Å². The predicted octanol–water partition coefficient (Wildman–Crippen LogP) is 2.82. The lowest BCUT2D eigenvalue weighted by Gasteiger charge is -2.34. The fourth-order valence-electron chi connectivity index (χ4n) is 3.36. The Hall–Kier alpha value is -2.63. The zero-order valence-corrected chi connectivity index (χ0v) is 14.1. The molecule has 3 aromatic rings. The minimum atomic E-state index is 0.511. The highest BCUT2D eigenvalue weighted by atomic mass is 15.4. The maximum atomic E-state index is 4.42. The molecule has 24 heavy (non-hydrogen) atoms. The van der Waals surface area contributed by atoms with E-state index in [-0.39, 0.29) is 0 Å². The largest absolute Gasteiger partial charge is 0.382 e. The molecule has 1 N–H and O–H groups in total. The normalized spacial score (nSPS) is 15.8. The van der Waals surface area contributed by atoms with Crippen LogP contribution in [0.2, 0.25) is 0 Å². The first-order chi connectivity index (χ1) is 11.7. The Morgan fingerprint density at radius 1 is 1.12 bits per heavy atom. The van der Waals surface area contributed by atoms with Gasteiger partial charge in [0.25, 0.3) is 5.78 Å². The van der Waals surface area contributed by atoms with E-state index in [2.05, 4.69) is 62.5 Å². The van der Waals surface area contributed by atoms with Crippen molar-refractivity contribution in [2.75, 3.05) is 23.3 Å². The third-order valence-electron chi connectivity index (χ3n) is 4.57. The van der Waals surface area contributed by atoms with Crippen molar-refractivity contribution in [1.29, 1.82) is 0 Å². The molecular formula is C18H22N6. The summed E-state index contributed by atoms with van der Waals surface area (Å²) in [6, 6.07) is 11.2. The van der Waals surface area contributed by atoms with Crippen LogP contribution in [0.4, 0.5) is 11.5 Å². The van der Waals surface area contributed by atoms with Crippen molar-refractivity contribution < 1.29 is 0 Å². The van der Waals surface area contributed by atoms with Crippen LogP contribution in [0.1, 0.15) is 24.1 Å². The van der Waals surface area contributed by atoms with Crippen LogP contribution < -0.4 is 10.2 Å². The van der Waals surface area contributed by atoms with E-state index in [0.717, 1.165) is 37.4 Å². The average Bonchev–Trinajstić information content (AvgIpc) is 3.03. The summed E-state index contributed by atoms with van der Waals surface area (Å²) in [4.78, 5) is 11.0. The third-order valence-corrected chi connectivity index (χ3v) is 4.57. The number of hydrogen-bond acceptors (Lipinski definition) is 5. The summed E-state index contributed by atoms with van der Waals surface area (Å²) in [5.74, 6) is 1.76. The Balaban J connectivity index is 1.46. The van der Waals surface area contributed by atoms with E-state index < -0.39 is 0 Å². The molecule has 1 aromatic carbocycles. The van der Waals surface area contributed by atoms with Gasteiger partial charge in [-0.3, -0.25) is 0 Å². The lowest BCUT2D eigenvalue weighted by Crippen LogP contribution is -2.40. The first-order valence-corrected chi connectivity index (χ1v) is 8.44. The van der Waals surface area contributed by atoms with E-state index in [1.54, 1.807) is 6.33 Å². The number of rotatable bonds is 3. The Morgan fingerprint density at radius 2 is 1.96 bits per heavy atom. The highest BCUT2D eigenvalue weighted by Gasteiger charge is 2.21. The highest BCUT2D eigenvalue weighted by Crippen LogP contribution is 2.23. The summed E-state index contributed by atoms with van der Waals surface area (Å²) in [6.45, 7) is 6.14. The Bertz CT molecular complexity index is 848. The van der Waals surface area contributed by atoms with Gasteiger partial charge in [0.15, 0.2) is 0 Å². The summed E-state index contributed by atoms with van der Waals surface area (Å²) in [7, 11) is 0. The third kappa shape index (κ3) is 2.91. The van der Waals surface area contributed by atoms with Crippen molar-refractivity contribution >= 4 is 17.3 Å². The second kappa shape index (κ2) is 6.11. The number of aromatic nitrogens is 4. The van der Waals surface area contributed by atoms with Gasteiger partial charge in [-0.05, 0) is 44.4 Å². The van der Waals surface area contributed by atoms with Crippen LogP contribution >= 0.6 is 0 Å². The Kier molecular flexibility index (Phi) is 3.80. The smallest absolute Gasteiger partial charge is 0.254 e. The Morgan fingerprint density at radius 3 is 2.75 bits per heavy atom. The molecule has 0 amide bonds. The SMILES string of the molecule is Cc1cccc(NC2CCN(c3cc(C)nc4ncnn34)CC2)c1. The van der Waals surface area contributed by atoms with Gasteiger partial charge in [-0.25, -0.2) is 4.98 Å². The van der Waals surface area contributed by atoms with E-state index in [9.17, 15) is 0 Å². The summed E-state index contributed by atoms with van der Waals surface area (Å²) < 4.78 is 1.83. The lowest BCUT2D eigenvalue weighted by molar-refractivity contribution is 0.520. The number of piperidine rings is 1. The van der Waals surface area contributed by atoms with Crippen LogP contribution in [-0.4, -0.2) is 38.7 Å². The first kappa shape index (κ1) is 14.9. The number of fused-ring (bicyclic) bond motifs is 1. The minimum absolute atomic E-state index is 0.511. The summed E-state index contributed by atoms with van der Waals surface area (Å²) >= 11 is 0. The highest BCUT2D eigenvalue weighted by molar-refractivity contribution is 5.49. The molecule has 0 unspecified atom stereocenters. The molecule has 1 aliphatic rings. The van der Waals surface area contributed by atoms with E-state index in [1.165, 1.54) is 11.3 Å². The molecule has 4 rings (SSSR count). The van der Waals surface area contributed by atoms with Crippen LogP contribution in [0.5, 0.6) is 0 Å². The molecule has 0 spiro atoms. The topological polar surface area (TPSA) is 58.3 Å². The van der Waals surface area contributed by atoms with E-state index >= 15 is 0 Å². The van der Waals surface area contributed by atoms with Crippen molar-refractivity contribution in [2.45, 2.75) is 32.7 Å². The zero-order chi connectivity index (χ0) is 16.5. The number of anilines is 2. The fraction of sp³-hybridized carbons (Fsp3) is 0.389. The average molecular weight is 322 g/mol. The summed E-state index contributed by atoms with van der Waals surface area (Å²) in [5, 5.41) is 7.98. The van der Waals surface area contributed by atoms with Gasteiger partial charge in [-0.15, -0.1) is 0 Å². The predicted molar refractivity (Wildman–Crippen MR) is 95.6 cm³/mol. The molecule has 124 valence electrons. The van der Waals surface area contributed by atoms with Gasteiger partial charge < -0.3 is 10.2 Å². The summed E-state index contributed by atoms with van der Waals surface area (Å²) in [6.07, 6.45) is 3.77. The van der Waals surface area contributed by atoms with Gasteiger partial charge in [0.05, 0.1) is 0 Å².